The van der Waals surface area contributed by atoms with E-state index >= 15 is 0 Å². The molecular formula is C15H13FN2. The second-order valence-corrected chi connectivity index (χ2v) is 4.22. The first kappa shape index (κ1) is 12.1. The van der Waals surface area contributed by atoms with Crippen LogP contribution in [-0.4, -0.2) is 0 Å². The Morgan fingerprint density at radius 1 is 1.11 bits per heavy atom. The number of hydrogen-bond donors (Lipinski definition) is 1. The second-order valence-electron chi connectivity index (χ2n) is 4.22. The van der Waals surface area contributed by atoms with Crippen molar-refractivity contribution in [3.8, 4) is 6.07 Å². The van der Waals surface area contributed by atoms with Crippen LogP contribution in [-0.2, 0) is 0 Å². The molecule has 0 aromatic heterocycles. The van der Waals surface area contributed by atoms with Crippen LogP contribution in [0.15, 0.2) is 36.4 Å². The van der Waals surface area contributed by atoms with Gasteiger partial charge in [-0.1, -0.05) is 23.8 Å². The summed E-state index contributed by atoms with van der Waals surface area (Å²) in [6.45, 7) is 3.99. The summed E-state index contributed by atoms with van der Waals surface area (Å²) in [4.78, 5) is 0. The van der Waals surface area contributed by atoms with Crippen LogP contribution in [0, 0.1) is 31.0 Å². The minimum Gasteiger partial charge on any atom is -0.354 e. The topological polar surface area (TPSA) is 35.8 Å². The predicted octanol–water partition coefficient (Wildman–Crippen LogP) is 4.06. The Bertz CT molecular complexity index is 627. The molecule has 18 heavy (non-hydrogen) atoms. The minimum absolute atomic E-state index is 0.0393. The Morgan fingerprint density at radius 2 is 1.89 bits per heavy atom. The Hall–Kier alpha value is -2.34. The van der Waals surface area contributed by atoms with E-state index in [0.29, 0.717) is 5.69 Å². The van der Waals surface area contributed by atoms with Crippen LogP contribution >= 0.6 is 0 Å². The molecule has 0 spiro atoms. The quantitative estimate of drug-likeness (QED) is 0.859. The van der Waals surface area contributed by atoms with Gasteiger partial charge in [0, 0.05) is 5.69 Å². The number of nitrogens with zero attached hydrogens (tertiary/aromatic N) is 1. The third kappa shape index (κ3) is 2.33. The first-order valence-corrected chi connectivity index (χ1v) is 5.64. The molecule has 0 radical (unpaired) electrons. The highest BCUT2D eigenvalue weighted by atomic mass is 19.1. The van der Waals surface area contributed by atoms with E-state index < -0.39 is 5.82 Å². The standard InChI is InChI=1S/C15H13FN2/c1-10-6-7-14(11(2)8-10)18-15-5-3-4-13(16)12(15)9-17/h3-8,18H,1-2H3. The van der Waals surface area contributed by atoms with Crippen molar-refractivity contribution in [2.75, 3.05) is 5.32 Å². The van der Waals surface area contributed by atoms with E-state index in [2.05, 4.69) is 5.32 Å². The molecule has 0 unspecified atom stereocenters. The fourth-order valence-corrected chi connectivity index (χ4v) is 1.84. The molecule has 0 saturated heterocycles. The predicted molar refractivity (Wildman–Crippen MR) is 70.3 cm³/mol. The molecule has 0 saturated carbocycles. The van der Waals surface area contributed by atoms with Crippen molar-refractivity contribution in [3.63, 3.8) is 0 Å². The van der Waals surface area contributed by atoms with Crippen molar-refractivity contribution in [2.24, 2.45) is 0 Å². The maximum Gasteiger partial charge on any atom is 0.143 e. The molecule has 0 aliphatic carbocycles. The van der Waals surface area contributed by atoms with Crippen LogP contribution in [0.25, 0.3) is 0 Å². The molecule has 0 fully saturated rings. The third-order valence-electron chi connectivity index (χ3n) is 2.78. The highest BCUT2D eigenvalue weighted by Crippen LogP contribution is 2.25. The lowest BCUT2D eigenvalue weighted by Crippen LogP contribution is -1.97. The second kappa shape index (κ2) is 4.89. The smallest absolute Gasteiger partial charge is 0.143 e. The third-order valence-corrected chi connectivity index (χ3v) is 2.78. The van der Waals surface area contributed by atoms with Gasteiger partial charge in [-0.15, -0.1) is 0 Å². The first-order chi connectivity index (χ1) is 8.61. The Morgan fingerprint density at radius 3 is 2.56 bits per heavy atom. The molecule has 0 bridgehead atoms. The van der Waals surface area contributed by atoms with E-state index in [4.69, 9.17) is 5.26 Å². The van der Waals surface area contributed by atoms with Crippen molar-refractivity contribution >= 4 is 11.4 Å². The molecule has 2 nitrogen and oxygen atoms in total. The first-order valence-electron chi connectivity index (χ1n) is 5.64. The summed E-state index contributed by atoms with van der Waals surface area (Å²) in [7, 11) is 0. The molecule has 90 valence electrons. The Labute approximate surface area is 106 Å². The molecule has 0 aliphatic rings. The van der Waals surface area contributed by atoms with Crippen LogP contribution in [0.3, 0.4) is 0 Å². The van der Waals surface area contributed by atoms with Crippen LogP contribution < -0.4 is 5.32 Å². The number of nitrogens with one attached hydrogen (secondary N) is 1. The number of anilines is 2. The molecule has 0 heterocycles. The lowest BCUT2D eigenvalue weighted by Gasteiger charge is -2.11. The van der Waals surface area contributed by atoms with Gasteiger partial charge >= 0.3 is 0 Å². The molecule has 1 N–H and O–H groups in total. The monoisotopic (exact) mass is 240 g/mol. The number of halogens is 1. The number of aryl methyl sites for hydroxylation is 2. The summed E-state index contributed by atoms with van der Waals surface area (Å²) < 4.78 is 13.5. The van der Waals surface area contributed by atoms with Crippen LogP contribution in [0.5, 0.6) is 0 Å². The van der Waals surface area contributed by atoms with Gasteiger partial charge in [0.05, 0.1) is 5.69 Å². The lowest BCUT2D eigenvalue weighted by atomic mass is 10.1. The summed E-state index contributed by atoms with van der Waals surface area (Å²) in [6, 6.07) is 12.4. The SMILES string of the molecule is Cc1ccc(Nc2cccc(F)c2C#N)c(C)c1. The minimum atomic E-state index is -0.507. The molecule has 3 heteroatoms. The van der Waals surface area contributed by atoms with Gasteiger partial charge in [-0.05, 0) is 37.6 Å². The Kier molecular flexibility index (Phi) is 3.29. The van der Waals surface area contributed by atoms with E-state index in [9.17, 15) is 4.39 Å². The van der Waals surface area contributed by atoms with Gasteiger partial charge < -0.3 is 5.32 Å². The fourth-order valence-electron chi connectivity index (χ4n) is 1.84. The average Bonchev–Trinajstić information content (AvgIpc) is 2.33. The summed E-state index contributed by atoms with van der Waals surface area (Å²) in [6.07, 6.45) is 0. The van der Waals surface area contributed by atoms with Crippen molar-refractivity contribution < 1.29 is 4.39 Å². The fraction of sp³-hybridized carbons (Fsp3) is 0.133. The highest BCUT2D eigenvalue weighted by Gasteiger charge is 2.08. The van der Waals surface area contributed by atoms with Crippen molar-refractivity contribution in [3.05, 3.63) is 58.9 Å². The summed E-state index contributed by atoms with van der Waals surface area (Å²) in [5.74, 6) is -0.507. The summed E-state index contributed by atoms with van der Waals surface area (Å²) in [5, 5.41) is 12.1. The maximum atomic E-state index is 13.5. The molecule has 2 rings (SSSR count). The zero-order chi connectivity index (χ0) is 13.1. The van der Waals surface area contributed by atoms with Crippen molar-refractivity contribution in [2.45, 2.75) is 13.8 Å². The van der Waals surface area contributed by atoms with Gasteiger partial charge in [-0.25, -0.2) is 4.39 Å². The zero-order valence-electron chi connectivity index (χ0n) is 10.3. The number of nitriles is 1. The van der Waals surface area contributed by atoms with E-state index in [-0.39, 0.29) is 5.56 Å². The van der Waals surface area contributed by atoms with Crippen LogP contribution in [0.1, 0.15) is 16.7 Å². The summed E-state index contributed by atoms with van der Waals surface area (Å²) in [5.41, 5.74) is 3.63. The molecule has 0 aliphatic heterocycles. The van der Waals surface area contributed by atoms with Crippen LogP contribution in [0.4, 0.5) is 15.8 Å². The zero-order valence-corrected chi connectivity index (χ0v) is 10.3. The molecular weight excluding hydrogens is 227 g/mol. The number of hydrogen-bond acceptors (Lipinski definition) is 2. The molecule has 0 amide bonds. The molecule has 2 aromatic carbocycles. The van der Waals surface area contributed by atoms with Gasteiger partial charge in [-0.3, -0.25) is 0 Å². The van der Waals surface area contributed by atoms with E-state index in [0.717, 1.165) is 16.8 Å². The van der Waals surface area contributed by atoms with Crippen molar-refractivity contribution in [1.82, 2.24) is 0 Å². The van der Waals surface area contributed by atoms with E-state index in [1.165, 1.54) is 6.07 Å². The summed E-state index contributed by atoms with van der Waals surface area (Å²) >= 11 is 0. The maximum absolute atomic E-state index is 13.5. The average molecular weight is 240 g/mol. The molecule has 2 aromatic rings. The lowest BCUT2D eigenvalue weighted by molar-refractivity contribution is 0.624. The number of rotatable bonds is 2. The molecule has 0 atom stereocenters. The normalized spacial score (nSPS) is 9.89. The van der Waals surface area contributed by atoms with Gasteiger partial charge in [0.25, 0.3) is 0 Å². The number of benzene rings is 2. The van der Waals surface area contributed by atoms with Gasteiger partial charge in [-0.2, -0.15) is 5.26 Å². The largest absolute Gasteiger partial charge is 0.354 e. The van der Waals surface area contributed by atoms with Crippen molar-refractivity contribution in [1.29, 1.82) is 5.26 Å². The Balaban J connectivity index is 2.41. The highest BCUT2D eigenvalue weighted by molar-refractivity contribution is 5.68. The van der Waals surface area contributed by atoms with Crippen LogP contribution in [0.2, 0.25) is 0 Å². The van der Waals surface area contributed by atoms with Gasteiger partial charge in [0.1, 0.15) is 17.4 Å². The van der Waals surface area contributed by atoms with Gasteiger partial charge in [0.15, 0.2) is 0 Å². The van der Waals surface area contributed by atoms with E-state index in [1.807, 2.05) is 38.1 Å². The van der Waals surface area contributed by atoms with Gasteiger partial charge in [0.2, 0.25) is 0 Å². The van der Waals surface area contributed by atoms with E-state index in [1.54, 1.807) is 12.1 Å².